The lowest BCUT2D eigenvalue weighted by Gasteiger charge is -2.05. The molecule has 1 saturated heterocycles. The van der Waals surface area contributed by atoms with Gasteiger partial charge in [-0.1, -0.05) is 6.07 Å². The van der Waals surface area contributed by atoms with Gasteiger partial charge in [0.1, 0.15) is 12.1 Å². The van der Waals surface area contributed by atoms with Crippen molar-refractivity contribution in [3.05, 3.63) is 22.4 Å². The number of thiophene rings is 1. The average Bonchev–Trinajstić information content (AvgIpc) is 2.78. The maximum Gasteiger partial charge on any atom is 0.227 e. The number of hydrogen-bond donors (Lipinski definition) is 1. The largest absolute Gasteiger partial charge is 0.470 e. The normalized spacial score (nSPS) is 31.2. The second-order valence-corrected chi connectivity index (χ2v) is 4.24. The van der Waals surface area contributed by atoms with Crippen molar-refractivity contribution in [1.29, 1.82) is 0 Å². The second-order valence-electron chi connectivity index (χ2n) is 3.29. The van der Waals surface area contributed by atoms with Crippen molar-refractivity contribution in [2.45, 2.75) is 12.1 Å². The Morgan fingerprint density at radius 2 is 2.54 bits per heavy atom. The lowest BCUT2D eigenvalue weighted by molar-refractivity contribution is 0.225. The average molecular weight is 194 g/mol. The number of rotatable bonds is 1. The number of hydrogen-bond acceptors (Lipinski definition) is 4. The highest BCUT2D eigenvalue weighted by molar-refractivity contribution is 7.12. The summed E-state index contributed by atoms with van der Waals surface area (Å²) >= 11 is 1.68. The summed E-state index contributed by atoms with van der Waals surface area (Å²) in [5.74, 6) is 0.839. The van der Waals surface area contributed by atoms with Crippen molar-refractivity contribution < 1.29 is 4.74 Å². The van der Waals surface area contributed by atoms with Gasteiger partial charge in [0.05, 0.1) is 4.88 Å². The molecule has 3 rings (SSSR count). The molecule has 3 heterocycles. The molecule has 2 unspecified atom stereocenters. The van der Waals surface area contributed by atoms with E-state index in [0.717, 1.165) is 23.9 Å². The third kappa shape index (κ3) is 1.17. The molecular formula is C9H10N2OS. The van der Waals surface area contributed by atoms with Crippen LogP contribution in [0, 0.1) is 0 Å². The summed E-state index contributed by atoms with van der Waals surface area (Å²) in [7, 11) is 0. The van der Waals surface area contributed by atoms with Crippen LogP contribution in [0.15, 0.2) is 22.5 Å². The van der Waals surface area contributed by atoms with Gasteiger partial charge in [0.2, 0.25) is 5.90 Å². The Morgan fingerprint density at radius 3 is 3.31 bits per heavy atom. The van der Waals surface area contributed by atoms with Crippen LogP contribution in [0.3, 0.4) is 0 Å². The lowest BCUT2D eigenvalue weighted by atomic mass is 10.2. The van der Waals surface area contributed by atoms with Crippen molar-refractivity contribution in [3.8, 4) is 0 Å². The molecule has 2 aliphatic rings. The monoisotopic (exact) mass is 194 g/mol. The summed E-state index contributed by atoms with van der Waals surface area (Å²) in [5.41, 5.74) is 0. The molecule has 0 bridgehead atoms. The summed E-state index contributed by atoms with van der Waals surface area (Å²) in [4.78, 5) is 5.68. The molecule has 2 atom stereocenters. The summed E-state index contributed by atoms with van der Waals surface area (Å²) < 4.78 is 5.73. The number of nitrogens with one attached hydrogen (secondary N) is 1. The minimum Gasteiger partial charge on any atom is -0.470 e. The van der Waals surface area contributed by atoms with Crippen LogP contribution >= 0.6 is 11.3 Å². The molecule has 0 radical (unpaired) electrons. The van der Waals surface area contributed by atoms with Crippen molar-refractivity contribution in [1.82, 2.24) is 5.32 Å². The topological polar surface area (TPSA) is 33.6 Å². The lowest BCUT2D eigenvalue weighted by Crippen LogP contribution is -2.20. The van der Waals surface area contributed by atoms with E-state index in [9.17, 15) is 0 Å². The number of fused-ring (bicyclic) bond motifs is 1. The van der Waals surface area contributed by atoms with E-state index in [4.69, 9.17) is 4.74 Å². The van der Waals surface area contributed by atoms with E-state index in [0.29, 0.717) is 6.04 Å². The zero-order valence-electron chi connectivity index (χ0n) is 7.06. The Labute approximate surface area is 80.4 Å². The van der Waals surface area contributed by atoms with Gasteiger partial charge in [-0.2, -0.15) is 0 Å². The van der Waals surface area contributed by atoms with Gasteiger partial charge in [0.25, 0.3) is 0 Å². The third-order valence-corrected chi connectivity index (χ3v) is 3.26. The first-order valence-corrected chi connectivity index (χ1v) is 5.30. The van der Waals surface area contributed by atoms with Crippen LogP contribution < -0.4 is 5.32 Å². The van der Waals surface area contributed by atoms with Crippen LogP contribution in [-0.2, 0) is 4.74 Å². The van der Waals surface area contributed by atoms with E-state index in [2.05, 4.69) is 16.4 Å². The molecule has 0 aliphatic carbocycles. The van der Waals surface area contributed by atoms with Gasteiger partial charge in [-0.05, 0) is 11.4 Å². The van der Waals surface area contributed by atoms with Crippen LogP contribution in [0.4, 0.5) is 0 Å². The fourth-order valence-corrected chi connectivity index (χ4v) is 2.40. The van der Waals surface area contributed by atoms with Crippen molar-refractivity contribution in [3.63, 3.8) is 0 Å². The Balaban J connectivity index is 1.88. The molecule has 0 saturated carbocycles. The molecule has 0 aromatic carbocycles. The van der Waals surface area contributed by atoms with E-state index in [1.165, 1.54) is 0 Å². The Kier molecular flexibility index (Phi) is 1.63. The maximum absolute atomic E-state index is 5.73. The molecule has 1 fully saturated rings. The molecule has 1 N–H and O–H groups in total. The maximum atomic E-state index is 5.73. The predicted octanol–water partition coefficient (Wildman–Crippen LogP) is 0.865. The van der Waals surface area contributed by atoms with Gasteiger partial charge in [0, 0.05) is 13.1 Å². The molecule has 1 aromatic heterocycles. The zero-order valence-corrected chi connectivity index (χ0v) is 7.88. The van der Waals surface area contributed by atoms with E-state index < -0.39 is 0 Å². The molecule has 1 aromatic rings. The molecule has 2 aliphatic heterocycles. The van der Waals surface area contributed by atoms with E-state index in [1.54, 1.807) is 11.3 Å². The SMILES string of the molecule is c1csc(C2=NC3CNCC3O2)c1. The molecule has 68 valence electrons. The standard InChI is InChI=1S/C9H10N2OS/c1-2-8(13-3-1)9-11-6-4-10-5-7(6)12-9/h1-3,6-7,10H,4-5H2. The Morgan fingerprint density at radius 1 is 1.54 bits per heavy atom. The van der Waals surface area contributed by atoms with Crippen LogP contribution in [-0.4, -0.2) is 31.1 Å². The fourth-order valence-electron chi connectivity index (χ4n) is 1.74. The van der Waals surface area contributed by atoms with Gasteiger partial charge in [-0.15, -0.1) is 11.3 Å². The smallest absolute Gasteiger partial charge is 0.227 e. The second kappa shape index (κ2) is 2.82. The summed E-state index contributed by atoms with van der Waals surface area (Å²) in [5, 5.41) is 5.31. The highest BCUT2D eigenvalue weighted by Crippen LogP contribution is 2.22. The van der Waals surface area contributed by atoms with E-state index in [-0.39, 0.29) is 6.10 Å². The molecule has 13 heavy (non-hydrogen) atoms. The van der Waals surface area contributed by atoms with Crippen molar-refractivity contribution >= 4 is 17.2 Å². The molecule has 4 heteroatoms. The van der Waals surface area contributed by atoms with Gasteiger partial charge in [-0.25, -0.2) is 4.99 Å². The van der Waals surface area contributed by atoms with E-state index >= 15 is 0 Å². The van der Waals surface area contributed by atoms with Gasteiger partial charge in [-0.3, -0.25) is 0 Å². The predicted molar refractivity (Wildman–Crippen MR) is 52.4 cm³/mol. The molecule has 0 spiro atoms. The van der Waals surface area contributed by atoms with Crippen molar-refractivity contribution in [2.24, 2.45) is 4.99 Å². The van der Waals surface area contributed by atoms with Gasteiger partial charge < -0.3 is 10.1 Å². The first-order valence-electron chi connectivity index (χ1n) is 4.42. The highest BCUT2D eigenvalue weighted by atomic mass is 32.1. The van der Waals surface area contributed by atoms with Gasteiger partial charge >= 0.3 is 0 Å². The molecule has 3 nitrogen and oxygen atoms in total. The third-order valence-electron chi connectivity index (χ3n) is 2.41. The van der Waals surface area contributed by atoms with Crippen molar-refractivity contribution in [2.75, 3.05) is 13.1 Å². The fraction of sp³-hybridized carbons (Fsp3) is 0.444. The number of aliphatic imine (C=N–C) groups is 1. The van der Waals surface area contributed by atoms with Crippen LogP contribution in [0.25, 0.3) is 0 Å². The minimum atomic E-state index is 0.275. The Bertz CT molecular complexity index is 333. The Hall–Kier alpha value is -0.870. The van der Waals surface area contributed by atoms with Crippen LogP contribution in [0.2, 0.25) is 0 Å². The quantitative estimate of drug-likeness (QED) is 0.719. The molecule has 0 amide bonds. The number of ether oxygens (including phenoxy) is 1. The molecular weight excluding hydrogens is 184 g/mol. The van der Waals surface area contributed by atoms with Crippen LogP contribution in [0.5, 0.6) is 0 Å². The summed E-state index contributed by atoms with van der Waals surface area (Å²) in [6.45, 7) is 1.89. The first-order chi connectivity index (χ1) is 6.43. The first kappa shape index (κ1) is 7.53. The van der Waals surface area contributed by atoms with Crippen LogP contribution in [0.1, 0.15) is 4.88 Å². The summed E-state index contributed by atoms with van der Waals surface area (Å²) in [6.07, 6.45) is 0.275. The zero-order chi connectivity index (χ0) is 8.67. The number of nitrogens with zero attached hydrogens (tertiary/aromatic N) is 1. The van der Waals surface area contributed by atoms with E-state index in [1.807, 2.05) is 11.4 Å². The van der Waals surface area contributed by atoms with Gasteiger partial charge in [0.15, 0.2) is 0 Å². The highest BCUT2D eigenvalue weighted by Gasteiger charge is 2.35. The summed E-state index contributed by atoms with van der Waals surface area (Å²) in [6, 6.07) is 4.42. The minimum absolute atomic E-state index is 0.275.